The van der Waals surface area contributed by atoms with E-state index in [0.717, 1.165) is 114 Å². The lowest BCUT2D eigenvalue weighted by molar-refractivity contribution is -0.109. The van der Waals surface area contributed by atoms with Crippen LogP contribution in [0.1, 0.15) is 130 Å². The number of imide groups is 2. The molecule has 0 saturated carbocycles. The van der Waals surface area contributed by atoms with E-state index in [1.807, 2.05) is 7.05 Å². The van der Waals surface area contributed by atoms with E-state index in [4.69, 9.17) is 18.9 Å². The molecule has 6 atom stereocenters. The molecule has 342 valence electrons. The molecular formula is C42H80N8O9. The summed E-state index contributed by atoms with van der Waals surface area (Å²) in [6.07, 6.45) is 11.7. The largest absolute Gasteiger partial charge is 0.418 e. The molecular weight excluding hydrogens is 761 g/mol. The lowest BCUT2D eigenvalue weighted by atomic mass is 10.1. The van der Waals surface area contributed by atoms with Gasteiger partial charge in [0, 0.05) is 57.9 Å². The van der Waals surface area contributed by atoms with Gasteiger partial charge in [0.05, 0.1) is 26.3 Å². The quantitative estimate of drug-likeness (QED) is 0.0265. The molecule has 2 aliphatic heterocycles. The minimum Gasteiger partial charge on any atom is -0.418 e. The minimum absolute atomic E-state index is 0.168. The van der Waals surface area contributed by atoms with Crippen LogP contribution in [0.15, 0.2) is 0 Å². The molecule has 2 fully saturated rings. The van der Waals surface area contributed by atoms with Crippen LogP contribution in [0.2, 0.25) is 0 Å². The summed E-state index contributed by atoms with van der Waals surface area (Å²) in [6.45, 7) is 15.6. The number of carbonyl (C=O) groups excluding carboxylic acids is 5. The normalized spacial score (nSPS) is 18.9. The maximum atomic E-state index is 13.8. The van der Waals surface area contributed by atoms with Crippen molar-refractivity contribution in [3.05, 3.63) is 0 Å². The molecule has 6 unspecified atom stereocenters. The molecule has 2 rings (SSSR count). The first kappa shape index (κ1) is 51.9. The monoisotopic (exact) mass is 841 g/mol. The average Bonchev–Trinajstić information content (AvgIpc) is 4.11. The van der Waals surface area contributed by atoms with Gasteiger partial charge in [-0.3, -0.25) is 19.9 Å². The summed E-state index contributed by atoms with van der Waals surface area (Å²) in [6, 6.07) is -0.173. The molecule has 0 aromatic carbocycles. The topological polar surface area (TPSA) is 183 Å². The minimum atomic E-state index is -0.735. The molecule has 0 bridgehead atoms. The summed E-state index contributed by atoms with van der Waals surface area (Å²) in [7, 11) is 1.93. The molecule has 2 heterocycles. The Morgan fingerprint density at radius 1 is 0.644 bits per heavy atom. The SMILES string of the molecule is CCCCOC(CN1CC1C)OC(=O)NCCCCCCN(CCCCCCNC)C(=O)N(CCCCCCNC(=O)OC(CN1CC1C)OCCCC)C(=O)NC=O. The molecule has 59 heavy (non-hydrogen) atoms. The van der Waals surface area contributed by atoms with Crippen molar-refractivity contribution in [2.24, 2.45) is 0 Å². The zero-order chi connectivity index (χ0) is 43.1. The molecule has 7 amide bonds. The maximum Gasteiger partial charge on any atom is 0.409 e. The van der Waals surface area contributed by atoms with Crippen molar-refractivity contribution in [3.63, 3.8) is 0 Å². The number of alkyl carbamates (subject to hydrolysis) is 2. The van der Waals surface area contributed by atoms with Gasteiger partial charge in [0.25, 0.3) is 0 Å². The molecule has 2 saturated heterocycles. The van der Waals surface area contributed by atoms with Crippen molar-refractivity contribution in [1.29, 1.82) is 0 Å². The summed E-state index contributed by atoms with van der Waals surface area (Å²) in [5.41, 5.74) is 0. The molecule has 2 aliphatic rings. The first-order valence-electron chi connectivity index (χ1n) is 22.7. The fourth-order valence-electron chi connectivity index (χ4n) is 6.52. The van der Waals surface area contributed by atoms with Crippen molar-refractivity contribution in [1.82, 2.24) is 40.9 Å². The lowest BCUT2D eigenvalue weighted by Gasteiger charge is -2.29. The van der Waals surface area contributed by atoms with Gasteiger partial charge >= 0.3 is 24.2 Å². The van der Waals surface area contributed by atoms with Crippen LogP contribution in [0, 0.1) is 0 Å². The number of nitrogens with one attached hydrogen (secondary N) is 4. The van der Waals surface area contributed by atoms with Crippen LogP contribution in [-0.4, -0.2) is 161 Å². The van der Waals surface area contributed by atoms with Crippen LogP contribution in [0.4, 0.5) is 19.2 Å². The fourth-order valence-corrected chi connectivity index (χ4v) is 6.52. The second-order valence-electron chi connectivity index (χ2n) is 15.9. The predicted octanol–water partition coefficient (Wildman–Crippen LogP) is 5.62. The van der Waals surface area contributed by atoms with Crippen LogP contribution in [0.25, 0.3) is 0 Å². The Bertz CT molecular complexity index is 1170. The van der Waals surface area contributed by atoms with E-state index >= 15 is 0 Å². The predicted molar refractivity (Wildman–Crippen MR) is 228 cm³/mol. The second kappa shape index (κ2) is 32.5. The van der Waals surface area contributed by atoms with Gasteiger partial charge in [-0.05, 0) is 78.8 Å². The number of urea groups is 2. The van der Waals surface area contributed by atoms with Gasteiger partial charge in [-0.25, -0.2) is 24.1 Å². The molecule has 0 aliphatic carbocycles. The number of amides is 7. The Balaban J connectivity index is 1.77. The Morgan fingerprint density at radius 3 is 1.47 bits per heavy atom. The van der Waals surface area contributed by atoms with Crippen molar-refractivity contribution < 1.29 is 42.9 Å². The molecule has 17 heteroatoms. The number of nitrogens with zero attached hydrogens (tertiary/aromatic N) is 4. The smallest absolute Gasteiger partial charge is 0.409 e. The lowest BCUT2D eigenvalue weighted by Crippen LogP contribution is -2.50. The molecule has 4 N–H and O–H groups in total. The molecule has 0 aromatic rings. The van der Waals surface area contributed by atoms with Crippen LogP contribution >= 0.6 is 0 Å². The number of hydrogen-bond donors (Lipinski definition) is 4. The average molecular weight is 841 g/mol. The van der Waals surface area contributed by atoms with Crippen molar-refractivity contribution in [2.45, 2.75) is 155 Å². The number of unbranched alkanes of at least 4 members (excludes halogenated alkanes) is 11. The van der Waals surface area contributed by atoms with Gasteiger partial charge in [0.1, 0.15) is 0 Å². The number of carbonyl (C=O) groups is 5. The zero-order valence-electron chi connectivity index (χ0n) is 37.1. The van der Waals surface area contributed by atoms with Crippen molar-refractivity contribution in [3.8, 4) is 0 Å². The van der Waals surface area contributed by atoms with E-state index in [1.165, 1.54) is 0 Å². The highest BCUT2D eigenvalue weighted by Gasteiger charge is 2.34. The van der Waals surface area contributed by atoms with E-state index in [2.05, 4.69) is 58.8 Å². The molecule has 17 nitrogen and oxygen atoms in total. The Morgan fingerprint density at radius 2 is 1.07 bits per heavy atom. The Kier molecular flexibility index (Phi) is 28.6. The summed E-state index contributed by atoms with van der Waals surface area (Å²) in [4.78, 5) is 70.2. The second-order valence-corrected chi connectivity index (χ2v) is 15.9. The Hall–Kier alpha value is -3.25. The van der Waals surface area contributed by atoms with Gasteiger partial charge in [-0.2, -0.15) is 0 Å². The van der Waals surface area contributed by atoms with Crippen LogP contribution in [0.3, 0.4) is 0 Å². The molecule has 0 aromatic heterocycles. The summed E-state index contributed by atoms with van der Waals surface area (Å²) in [5, 5.41) is 11.0. The third-order valence-electron chi connectivity index (χ3n) is 10.6. The van der Waals surface area contributed by atoms with E-state index in [1.54, 1.807) is 4.90 Å². The first-order valence-corrected chi connectivity index (χ1v) is 22.7. The summed E-state index contributed by atoms with van der Waals surface area (Å²) >= 11 is 0. The van der Waals surface area contributed by atoms with E-state index in [9.17, 15) is 24.0 Å². The highest BCUT2D eigenvalue weighted by Crippen LogP contribution is 2.19. The fraction of sp³-hybridized carbons (Fsp3) is 0.881. The van der Waals surface area contributed by atoms with E-state index in [0.29, 0.717) is 83.8 Å². The number of hydrogen-bond acceptors (Lipinski definition) is 12. The van der Waals surface area contributed by atoms with Crippen molar-refractivity contribution in [2.75, 3.05) is 85.7 Å². The van der Waals surface area contributed by atoms with Crippen molar-refractivity contribution >= 4 is 30.7 Å². The highest BCUT2D eigenvalue weighted by molar-refractivity contribution is 5.97. The van der Waals surface area contributed by atoms with Crippen LogP contribution in [0.5, 0.6) is 0 Å². The summed E-state index contributed by atoms with van der Waals surface area (Å²) < 4.78 is 22.7. The van der Waals surface area contributed by atoms with Gasteiger partial charge < -0.3 is 39.8 Å². The Labute approximate surface area is 354 Å². The van der Waals surface area contributed by atoms with E-state index < -0.39 is 36.8 Å². The van der Waals surface area contributed by atoms with Crippen LogP contribution in [-0.2, 0) is 23.7 Å². The first-order chi connectivity index (χ1) is 28.6. The third kappa shape index (κ3) is 25.2. The van der Waals surface area contributed by atoms with Gasteiger partial charge in [-0.1, -0.05) is 65.2 Å². The van der Waals surface area contributed by atoms with E-state index in [-0.39, 0.29) is 6.54 Å². The maximum absolute atomic E-state index is 13.8. The number of ether oxygens (including phenoxy) is 4. The van der Waals surface area contributed by atoms with Gasteiger partial charge in [0.15, 0.2) is 0 Å². The zero-order valence-corrected chi connectivity index (χ0v) is 37.1. The van der Waals surface area contributed by atoms with Gasteiger partial charge in [-0.15, -0.1) is 0 Å². The molecule has 0 radical (unpaired) electrons. The highest BCUT2D eigenvalue weighted by atomic mass is 16.7. The van der Waals surface area contributed by atoms with Gasteiger partial charge in [0.2, 0.25) is 19.0 Å². The number of rotatable bonds is 36. The summed E-state index contributed by atoms with van der Waals surface area (Å²) in [5.74, 6) is 0. The third-order valence-corrected chi connectivity index (χ3v) is 10.6. The molecule has 0 spiro atoms. The van der Waals surface area contributed by atoms with Crippen LogP contribution < -0.4 is 21.3 Å². The standard InChI is InChI=1S/C42H80N8O9/c1-6-8-28-56-37(32-48-30-35(48)3)58-40(53)44-23-17-11-14-20-26-47(25-19-13-10-16-22-43-5)42(55)50(39(52)46-34-51)27-21-15-12-18-24-45-41(54)59-38(57-29-9-7-2)33-49-31-36(49)4/h34-38,43H,6-33H2,1-5H3,(H,44,53)(H,45,54)(H,46,51,52).